The minimum absolute atomic E-state index is 0.0384. The van der Waals surface area contributed by atoms with E-state index < -0.39 is 29.0 Å². The van der Waals surface area contributed by atoms with Crippen LogP contribution >= 0.6 is 0 Å². The summed E-state index contributed by atoms with van der Waals surface area (Å²) in [6, 6.07) is 8.19. The zero-order valence-corrected chi connectivity index (χ0v) is 13.3. The molecule has 0 aromatic heterocycles. The Balaban J connectivity index is 2.25. The van der Waals surface area contributed by atoms with Crippen molar-refractivity contribution >= 4 is 18.1 Å². The molecule has 0 unspecified atom stereocenters. The summed E-state index contributed by atoms with van der Waals surface area (Å²) in [4.78, 5) is 37.0. The summed E-state index contributed by atoms with van der Waals surface area (Å²) in [5.74, 6) is -1.25. The molecule has 0 aliphatic carbocycles. The van der Waals surface area contributed by atoms with Crippen LogP contribution in [0, 0.1) is 5.41 Å². The molecule has 0 spiro atoms. The molecule has 1 aliphatic heterocycles. The molecule has 1 aromatic rings. The van der Waals surface area contributed by atoms with E-state index in [0.717, 1.165) is 5.56 Å². The highest BCUT2D eigenvalue weighted by Crippen LogP contribution is 2.39. The van der Waals surface area contributed by atoms with E-state index in [4.69, 9.17) is 4.74 Å². The minimum atomic E-state index is -1.70. The summed E-state index contributed by atoms with van der Waals surface area (Å²) in [5.41, 5.74) is -1.82. The van der Waals surface area contributed by atoms with E-state index in [-0.39, 0.29) is 13.2 Å². The molecule has 7 heteroatoms. The number of imide groups is 1. The number of benzene rings is 1. The highest BCUT2D eigenvalue weighted by atomic mass is 16.6. The van der Waals surface area contributed by atoms with Crippen molar-refractivity contribution in [2.75, 3.05) is 6.54 Å². The summed E-state index contributed by atoms with van der Waals surface area (Å²) >= 11 is 0. The lowest BCUT2D eigenvalue weighted by Crippen LogP contribution is -2.63. The second-order valence-electron chi connectivity index (χ2n) is 6.45. The van der Waals surface area contributed by atoms with Gasteiger partial charge in [0.2, 0.25) is 0 Å². The molecule has 7 nitrogen and oxygen atoms in total. The van der Waals surface area contributed by atoms with Crippen molar-refractivity contribution in [2.45, 2.75) is 32.9 Å². The van der Waals surface area contributed by atoms with Gasteiger partial charge in [0, 0.05) is 0 Å². The van der Waals surface area contributed by atoms with Crippen LogP contribution in [-0.2, 0) is 16.1 Å². The molecule has 1 heterocycles. The van der Waals surface area contributed by atoms with Gasteiger partial charge >= 0.3 is 18.1 Å². The Kier molecular flexibility index (Phi) is 4.31. The molecule has 1 aromatic carbocycles. The van der Waals surface area contributed by atoms with E-state index in [1.807, 2.05) is 6.07 Å². The first-order chi connectivity index (χ1) is 10.7. The van der Waals surface area contributed by atoms with Gasteiger partial charge in [-0.3, -0.25) is 0 Å². The Labute approximate surface area is 134 Å². The molecule has 2 N–H and O–H groups in total. The number of carbonyl (C=O) groups is 3. The summed E-state index contributed by atoms with van der Waals surface area (Å²) in [7, 11) is 0. The van der Waals surface area contributed by atoms with Crippen LogP contribution in [0.2, 0.25) is 0 Å². The lowest BCUT2D eigenvalue weighted by atomic mass is 9.73. The largest absolute Gasteiger partial charge is 0.479 e. The van der Waals surface area contributed by atoms with Gasteiger partial charge in [-0.15, -0.1) is 0 Å². The molecule has 0 bridgehead atoms. The first-order valence-corrected chi connectivity index (χ1v) is 7.22. The number of nitrogens with zero attached hydrogens (tertiary/aromatic N) is 1. The van der Waals surface area contributed by atoms with Gasteiger partial charge in [0.1, 0.15) is 6.61 Å². The number of aliphatic carboxylic acids is 1. The van der Waals surface area contributed by atoms with Crippen molar-refractivity contribution in [3.8, 4) is 0 Å². The van der Waals surface area contributed by atoms with E-state index in [1.165, 1.54) is 0 Å². The number of carbonyl (C=O) groups excluding carboxylic acids is 2. The molecular formula is C16H20N2O5. The number of carboxylic acid groups (broad SMARTS) is 1. The molecule has 1 aliphatic rings. The van der Waals surface area contributed by atoms with Crippen LogP contribution in [0.1, 0.15) is 26.3 Å². The first-order valence-electron chi connectivity index (χ1n) is 7.22. The van der Waals surface area contributed by atoms with Gasteiger partial charge < -0.3 is 15.2 Å². The topological polar surface area (TPSA) is 95.9 Å². The maximum Gasteiger partial charge on any atom is 0.419 e. The molecule has 0 saturated carbocycles. The average Bonchev–Trinajstić information content (AvgIpc) is 2.84. The van der Waals surface area contributed by atoms with Gasteiger partial charge in [0.05, 0.1) is 6.54 Å². The number of hydrogen-bond acceptors (Lipinski definition) is 4. The predicted molar refractivity (Wildman–Crippen MR) is 81.7 cm³/mol. The maximum atomic E-state index is 12.4. The van der Waals surface area contributed by atoms with Crippen LogP contribution in [0.3, 0.4) is 0 Å². The first kappa shape index (κ1) is 16.8. The van der Waals surface area contributed by atoms with E-state index in [2.05, 4.69) is 5.32 Å². The molecule has 1 fully saturated rings. The smallest absolute Gasteiger partial charge is 0.419 e. The van der Waals surface area contributed by atoms with E-state index >= 15 is 0 Å². The maximum absolute atomic E-state index is 12.4. The second kappa shape index (κ2) is 5.91. The van der Waals surface area contributed by atoms with Crippen molar-refractivity contribution in [3.05, 3.63) is 35.9 Å². The molecule has 1 atom stereocenters. The van der Waals surface area contributed by atoms with Gasteiger partial charge in [-0.2, -0.15) is 0 Å². The lowest BCUT2D eigenvalue weighted by Gasteiger charge is -2.41. The molecule has 3 amide bonds. The lowest BCUT2D eigenvalue weighted by molar-refractivity contribution is -0.153. The molecule has 124 valence electrons. The number of carboxylic acids is 1. The third kappa shape index (κ3) is 2.86. The number of amides is 3. The van der Waals surface area contributed by atoms with E-state index in [0.29, 0.717) is 4.90 Å². The Hall–Kier alpha value is -2.57. The van der Waals surface area contributed by atoms with Crippen molar-refractivity contribution in [1.29, 1.82) is 0 Å². The van der Waals surface area contributed by atoms with Crippen LogP contribution in [0.25, 0.3) is 0 Å². The number of nitrogens with one attached hydrogen (secondary N) is 1. The zero-order chi connectivity index (χ0) is 17.3. The minimum Gasteiger partial charge on any atom is -0.479 e. The van der Waals surface area contributed by atoms with Crippen molar-refractivity contribution < 1.29 is 24.2 Å². The molecular weight excluding hydrogens is 300 g/mol. The normalized spacial score (nSPS) is 21.0. The van der Waals surface area contributed by atoms with Crippen molar-refractivity contribution in [2.24, 2.45) is 5.41 Å². The third-order valence-electron chi connectivity index (χ3n) is 4.06. The SMILES string of the molecule is CC(C)(C)[C@@]1(C(=O)O)CNC(=O)N1C(=O)OCc1ccccc1. The van der Waals surface area contributed by atoms with Crippen LogP contribution in [0.15, 0.2) is 30.3 Å². The van der Waals surface area contributed by atoms with Crippen LogP contribution in [0.4, 0.5) is 9.59 Å². The number of rotatable bonds is 3. The number of ether oxygens (including phenoxy) is 1. The Bertz CT molecular complexity index is 623. The van der Waals surface area contributed by atoms with Crippen LogP contribution in [0.5, 0.6) is 0 Å². The second-order valence-corrected chi connectivity index (χ2v) is 6.45. The molecule has 0 radical (unpaired) electrons. The van der Waals surface area contributed by atoms with Crippen molar-refractivity contribution in [3.63, 3.8) is 0 Å². The van der Waals surface area contributed by atoms with Gasteiger partial charge in [-0.1, -0.05) is 51.1 Å². The third-order valence-corrected chi connectivity index (χ3v) is 4.06. The summed E-state index contributed by atoms with van der Waals surface area (Å²) < 4.78 is 5.15. The fraction of sp³-hybridized carbons (Fsp3) is 0.438. The Morgan fingerprint density at radius 3 is 2.43 bits per heavy atom. The highest BCUT2D eigenvalue weighted by molar-refractivity contribution is 6.01. The van der Waals surface area contributed by atoms with Crippen LogP contribution < -0.4 is 5.32 Å². The predicted octanol–water partition coefficient (Wildman–Crippen LogP) is 2.22. The van der Waals surface area contributed by atoms with Gasteiger partial charge in [-0.05, 0) is 11.0 Å². The van der Waals surface area contributed by atoms with Gasteiger partial charge in [0.15, 0.2) is 5.54 Å². The molecule has 2 rings (SSSR count). The summed E-state index contributed by atoms with van der Waals surface area (Å²) in [6.45, 7) is 4.80. The summed E-state index contributed by atoms with van der Waals surface area (Å²) in [5, 5.41) is 12.1. The average molecular weight is 320 g/mol. The van der Waals surface area contributed by atoms with Gasteiger partial charge in [0.25, 0.3) is 0 Å². The fourth-order valence-corrected chi connectivity index (χ4v) is 2.65. The fourth-order valence-electron chi connectivity index (χ4n) is 2.65. The molecule has 23 heavy (non-hydrogen) atoms. The summed E-state index contributed by atoms with van der Waals surface area (Å²) in [6.07, 6.45) is -0.971. The standard InChI is InChI=1S/C16H20N2O5/c1-15(2,3)16(12(19)20)10-17-13(21)18(16)14(22)23-9-11-7-5-4-6-8-11/h4-8H,9-10H2,1-3H3,(H,17,21)(H,19,20)/t16-/m0/s1. The Morgan fingerprint density at radius 1 is 1.30 bits per heavy atom. The molecule has 1 saturated heterocycles. The van der Waals surface area contributed by atoms with Crippen LogP contribution in [-0.4, -0.2) is 40.2 Å². The number of hydrogen-bond donors (Lipinski definition) is 2. The monoisotopic (exact) mass is 320 g/mol. The number of urea groups is 1. The van der Waals surface area contributed by atoms with E-state index in [1.54, 1.807) is 45.0 Å². The quantitative estimate of drug-likeness (QED) is 0.890. The van der Waals surface area contributed by atoms with Crippen molar-refractivity contribution in [1.82, 2.24) is 10.2 Å². The highest BCUT2D eigenvalue weighted by Gasteiger charge is 2.62. The van der Waals surface area contributed by atoms with Gasteiger partial charge in [-0.25, -0.2) is 19.3 Å². The van der Waals surface area contributed by atoms with E-state index in [9.17, 15) is 19.5 Å². The zero-order valence-electron chi connectivity index (χ0n) is 13.3. The Morgan fingerprint density at radius 2 is 1.91 bits per heavy atom.